The summed E-state index contributed by atoms with van der Waals surface area (Å²) in [6.45, 7) is 3.92. The van der Waals surface area contributed by atoms with Gasteiger partial charge in [-0.2, -0.15) is 10.1 Å². The van der Waals surface area contributed by atoms with E-state index in [0.717, 1.165) is 0 Å². The van der Waals surface area contributed by atoms with Crippen LogP contribution in [0.4, 0.5) is 5.69 Å². The van der Waals surface area contributed by atoms with Gasteiger partial charge in [-0.15, -0.1) is 0 Å². The molecular formula is C20H20N2O4. The number of phenols is 2. The topological polar surface area (TPSA) is 82.4 Å². The lowest BCUT2D eigenvalue weighted by Crippen LogP contribution is -2.21. The van der Waals surface area contributed by atoms with Gasteiger partial charge in [0.2, 0.25) is 0 Å². The average molecular weight is 352 g/mol. The van der Waals surface area contributed by atoms with Crippen molar-refractivity contribution in [1.82, 2.24) is 0 Å². The highest BCUT2D eigenvalue weighted by molar-refractivity contribution is 6.33. The van der Waals surface area contributed by atoms with Crippen LogP contribution in [0.3, 0.4) is 0 Å². The largest absolute Gasteiger partial charge is 0.504 e. The molecule has 6 nitrogen and oxygen atoms in total. The molecular weight excluding hydrogens is 332 g/mol. The fraction of sp³-hybridized carbons (Fsp3) is 0.200. The molecule has 6 heteroatoms. The molecule has 0 fully saturated rings. The Morgan fingerprint density at radius 2 is 1.88 bits per heavy atom. The summed E-state index contributed by atoms with van der Waals surface area (Å²) in [5, 5.41) is 25.0. The van der Waals surface area contributed by atoms with Gasteiger partial charge in [-0.1, -0.05) is 26.0 Å². The van der Waals surface area contributed by atoms with Crippen molar-refractivity contribution < 1.29 is 19.7 Å². The summed E-state index contributed by atoms with van der Waals surface area (Å²) in [6, 6.07) is 11.5. The van der Waals surface area contributed by atoms with Crippen molar-refractivity contribution >= 4 is 23.4 Å². The van der Waals surface area contributed by atoms with Crippen LogP contribution in [0, 0.1) is 5.92 Å². The highest BCUT2D eigenvalue weighted by atomic mass is 16.5. The Labute approximate surface area is 151 Å². The van der Waals surface area contributed by atoms with Gasteiger partial charge in [0.1, 0.15) is 5.75 Å². The molecule has 1 aliphatic rings. The maximum absolute atomic E-state index is 13.0. The number of hydrogen-bond acceptors (Lipinski definition) is 5. The minimum absolute atomic E-state index is 0.0338. The van der Waals surface area contributed by atoms with E-state index in [1.54, 1.807) is 43.5 Å². The number of aromatic hydroxyl groups is 2. The molecule has 0 aromatic heterocycles. The summed E-state index contributed by atoms with van der Waals surface area (Å²) in [6.07, 6.45) is 1.67. The number of hydrogen-bond donors (Lipinski definition) is 2. The number of hydrazone groups is 1. The van der Waals surface area contributed by atoms with Crippen molar-refractivity contribution in [2.75, 3.05) is 12.1 Å². The monoisotopic (exact) mass is 352 g/mol. The molecule has 0 radical (unpaired) electrons. The number of anilines is 1. The van der Waals surface area contributed by atoms with Crippen LogP contribution in [-0.2, 0) is 4.79 Å². The van der Waals surface area contributed by atoms with Gasteiger partial charge in [0.05, 0.1) is 24.1 Å². The number of amides is 1. The zero-order valence-corrected chi connectivity index (χ0v) is 14.8. The lowest BCUT2D eigenvalue weighted by Gasteiger charge is -2.12. The lowest BCUT2D eigenvalue weighted by atomic mass is 9.98. The van der Waals surface area contributed by atoms with Gasteiger partial charge >= 0.3 is 0 Å². The van der Waals surface area contributed by atoms with Crippen molar-refractivity contribution in [2.45, 2.75) is 13.8 Å². The van der Waals surface area contributed by atoms with Gasteiger partial charge < -0.3 is 14.9 Å². The van der Waals surface area contributed by atoms with Gasteiger partial charge in [0, 0.05) is 6.07 Å². The number of rotatable bonds is 4. The first kappa shape index (κ1) is 17.5. The second-order valence-electron chi connectivity index (χ2n) is 6.26. The molecule has 2 aromatic rings. The Bertz CT molecular complexity index is 916. The van der Waals surface area contributed by atoms with Crippen molar-refractivity contribution in [3.05, 3.63) is 53.6 Å². The smallest absolute Gasteiger partial charge is 0.280 e. The SMILES string of the molecule is COc1cccc(N2N=C(C(C)C)C(=Cc3ccc(O)c(O)c3)C2=O)c1. The van der Waals surface area contributed by atoms with E-state index in [4.69, 9.17) is 4.74 Å². The Morgan fingerprint density at radius 3 is 2.54 bits per heavy atom. The molecule has 1 aliphatic heterocycles. The van der Waals surface area contributed by atoms with Gasteiger partial charge in [0.25, 0.3) is 5.91 Å². The summed E-state index contributed by atoms with van der Waals surface area (Å²) >= 11 is 0. The van der Waals surface area contributed by atoms with Crippen LogP contribution >= 0.6 is 0 Å². The Balaban J connectivity index is 2.03. The van der Waals surface area contributed by atoms with E-state index >= 15 is 0 Å². The van der Waals surface area contributed by atoms with Crippen LogP contribution < -0.4 is 9.75 Å². The molecule has 1 heterocycles. The van der Waals surface area contributed by atoms with E-state index in [0.29, 0.717) is 28.3 Å². The third kappa shape index (κ3) is 3.26. The number of ether oxygens (including phenoxy) is 1. The predicted molar refractivity (Wildman–Crippen MR) is 101 cm³/mol. The number of methoxy groups -OCH3 is 1. The molecule has 0 saturated carbocycles. The van der Waals surface area contributed by atoms with Crippen molar-refractivity contribution in [3.63, 3.8) is 0 Å². The molecule has 0 bridgehead atoms. The molecule has 26 heavy (non-hydrogen) atoms. The first-order valence-electron chi connectivity index (χ1n) is 8.21. The summed E-state index contributed by atoms with van der Waals surface area (Å²) < 4.78 is 5.22. The lowest BCUT2D eigenvalue weighted by molar-refractivity contribution is -0.114. The summed E-state index contributed by atoms with van der Waals surface area (Å²) in [7, 11) is 1.57. The molecule has 0 spiro atoms. The van der Waals surface area contributed by atoms with Gasteiger partial charge in [0.15, 0.2) is 11.5 Å². The summed E-state index contributed by atoms with van der Waals surface area (Å²) in [4.78, 5) is 13.0. The van der Waals surface area contributed by atoms with Gasteiger partial charge in [-0.05, 0) is 41.8 Å². The molecule has 2 N–H and O–H groups in total. The minimum atomic E-state index is -0.255. The molecule has 1 amide bonds. The predicted octanol–water partition coefficient (Wildman–Crippen LogP) is 3.55. The number of carbonyl (C=O) groups excluding carboxylic acids is 1. The third-order valence-electron chi connectivity index (χ3n) is 4.06. The molecule has 134 valence electrons. The maximum atomic E-state index is 13.0. The number of benzene rings is 2. The van der Waals surface area contributed by atoms with E-state index in [1.807, 2.05) is 13.8 Å². The second-order valence-corrected chi connectivity index (χ2v) is 6.26. The molecule has 0 atom stereocenters. The van der Waals surface area contributed by atoms with E-state index in [9.17, 15) is 15.0 Å². The molecule has 3 rings (SSSR count). The average Bonchev–Trinajstić information content (AvgIpc) is 2.95. The number of phenolic OH excluding ortho intramolecular Hbond substituents is 2. The summed E-state index contributed by atoms with van der Waals surface area (Å²) in [5.74, 6) is -0.0309. The van der Waals surface area contributed by atoms with Crippen LogP contribution in [0.1, 0.15) is 19.4 Å². The highest BCUT2D eigenvalue weighted by Crippen LogP contribution is 2.31. The fourth-order valence-corrected chi connectivity index (χ4v) is 2.71. The van der Waals surface area contributed by atoms with Gasteiger partial charge in [-0.25, -0.2) is 0 Å². The fourth-order valence-electron chi connectivity index (χ4n) is 2.71. The third-order valence-corrected chi connectivity index (χ3v) is 4.06. The number of carbonyl (C=O) groups is 1. The van der Waals surface area contributed by atoms with E-state index < -0.39 is 0 Å². The Morgan fingerprint density at radius 1 is 1.12 bits per heavy atom. The van der Waals surface area contributed by atoms with E-state index in [-0.39, 0.29) is 23.3 Å². The highest BCUT2D eigenvalue weighted by Gasteiger charge is 2.32. The van der Waals surface area contributed by atoms with Crippen molar-refractivity contribution in [3.8, 4) is 17.2 Å². The molecule has 2 aromatic carbocycles. The standard InChI is InChI=1S/C20H20N2O4/c1-12(2)19-16(9-13-7-8-17(23)18(24)10-13)20(25)22(21-19)14-5-4-6-15(11-14)26-3/h4-12,23-24H,1-3H3. The second kappa shape index (κ2) is 6.92. The maximum Gasteiger partial charge on any atom is 0.280 e. The molecule has 0 unspecified atom stereocenters. The van der Waals surface area contributed by atoms with Crippen LogP contribution in [-0.4, -0.2) is 28.9 Å². The molecule has 0 aliphatic carbocycles. The number of nitrogens with zero attached hydrogens (tertiary/aromatic N) is 2. The van der Waals surface area contributed by atoms with Crippen LogP contribution in [0.2, 0.25) is 0 Å². The van der Waals surface area contributed by atoms with Gasteiger partial charge in [-0.3, -0.25) is 4.79 Å². The van der Waals surface area contributed by atoms with Crippen LogP contribution in [0.15, 0.2) is 53.1 Å². The van der Waals surface area contributed by atoms with E-state index in [2.05, 4.69) is 5.10 Å². The first-order valence-corrected chi connectivity index (χ1v) is 8.21. The Kier molecular flexibility index (Phi) is 4.67. The van der Waals surface area contributed by atoms with Crippen molar-refractivity contribution in [1.29, 1.82) is 0 Å². The zero-order chi connectivity index (χ0) is 18.8. The summed E-state index contributed by atoms with van der Waals surface area (Å²) in [5.41, 5.74) is 2.33. The van der Waals surface area contributed by atoms with Crippen molar-refractivity contribution in [2.24, 2.45) is 11.0 Å². The minimum Gasteiger partial charge on any atom is -0.504 e. The zero-order valence-electron chi connectivity index (χ0n) is 14.8. The van der Waals surface area contributed by atoms with Crippen LogP contribution in [0.5, 0.6) is 17.2 Å². The Hall–Kier alpha value is -3.28. The quantitative estimate of drug-likeness (QED) is 0.651. The van der Waals surface area contributed by atoms with Crippen LogP contribution in [0.25, 0.3) is 6.08 Å². The first-order chi connectivity index (χ1) is 12.4. The van der Waals surface area contributed by atoms with E-state index in [1.165, 1.54) is 17.1 Å². The molecule has 0 saturated heterocycles. The normalized spacial score (nSPS) is 15.7.